The number of halogens is 1. The Kier molecular flexibility index (Phi) is 11.6. The molecular weight excluding hydrogens is 584 g/mol. The lowest BCUT2D eigenvalue weighted by molar-refractivity contribution is 0.103. The Balaban J connectivity index is 0.000000220. The van der Waals surface area contributed by atoms with Gasteiger partial charge in [-0.25, -0.2) is 18.0 Å². The van der Waals surface area contributed by atoms with Gasteiger partial charge in [-0.05, 0) is 35.8 Å². The molecule has 2 aromatic rings. The predicted octanol–water partition coefficient (Wildman–Crippen LogP) is 3.75. The van der Waals surface area contributed by atoms with Crippen LogP contribution in [0, 0.1) is 11.8 Å². The van der Waals surface area contributed by atoms with E-state index in [0.29, 0.717) is 39.0 Å². The smallest absolute Gasteiger partial charge is 0.410 e. The number of carbonyl (C=O) groups excluding carboxylic acids is 2. The average molecular weight is 617 g/mol. The first-order valence-corrected chi connectivity index (χ1v) is 16.8. The molecule has 0 bridgehead atoms. The summed E-state index contributed by atoms with van der Waals surface area (Å²) in [6, 6.07) is 18.7. The van der Waals surface area contributed by atoms with Crippen LogP contribution in [0.1, 0.15) is 24.0 Å². The number of ether oxygens (including phenoxy) is 2. The van der Waals surface area contributed by atoms with Gasteiger partial charge in [0.1, 0.15) is 13.2 Å². The molecule has 2 fully saturated rings. The lowest BCUT2D eigenvalue weighted by Gasteiger charge is -2.16. The molecule has 11 nitrogen and oxygen atoms in total. The molecule has 4 rings (SSSR count). The van der Waals surface area contributed by atoms with Gasteiger partial charge in [-0.3, -0.25) is 4.55 Å². The van der Waals surface area contributed by atoms with Gasteiger partial charge < -0.3 is 19.3 Å². The van der Waals surface area contributed by atoms with Crippen LogP contribution in [0.3, 0.4) is 0 Å². The van der Waals surface area contributed by atoms with E-state index >= 15 is 0 Å². The van der Waals surface area contributed by atoms with Gasteiger partial charge in [0.05, 0.1) is 11.5 Å². The van der Waals surface area contributed by atoms with Gasteiger partial charge in [-0.1, -0.05) is 60.7 Å². The third-order valence-corrected chi connectivity index (χ3v) is 8.52. The van der Waals surface area contributed by atoms with Crippen molar-refractivity contribution in [1.29, 1.82) is 0 Å². The maximum absolute atomic E-state index is 11.9. The topological polar surface area (TPSA) is 148 Å². The van der Waals surface area contributed by atoms with Crippen molar-refractivity contribution in [1.82, 2.24) is 9.80 Å². The summed E-state index contributed by atoms with van der Waals surface area (Å²) in [5.41, 5.74) is 1.81. The number of nitrogens with zero attached hydrogens (tertiary/aromatic N) is 2. The molecule has 0 aliphatic carbocycles. The van der Waals surface area contributed by atoms with Crippen LogP contribution in [0.2, 0.25) is 0 Å². The number of hydrogen-bond donors (Lipinski definition) is 1. The zero-order valence-electron chi connectivity index (χ0n) is 21.8. The molecule has 2 unspecified atom stereocenters. The minimum absolute atomic E-state index is 0.100. The summed E-state index contributed by atoms with van der Waals surface area (Å²) < 4.78 is 62.8. The Morgan fingerprint density at radius 3 is 1.52 bits per heavy atom. The van der Waals surface area contributed by atoms with E-state index in [1.165, 1.54) is 9.80 Å². The number of benzene rings is 2. The van der Waals surface area contributed by atoms with Crippen molar-refractivity contribution in [3.63, 3.8) is 0 Å². The van der Waals surface area contributed by atoms with Crippen molar-refractivity contribution in [2.75, 3.05) is 37.7 Å². The summed E-state index contributed by atoms with van der Waals surface area (Å²) >= 11 is 0. The molecule has 2 aliphatic heterocycles. The summed E-state index contributed by atoms with van der Waals surface area (Å²) in [6.45, 7) is 2.04. The first kappa shape index (κ1) is 31.7. The fraction of sp³-hybridized carbons (Fsp3) is 0.462. The quantitative estimate of drug-likeness (QED) is 0.346. The number of hydrogen-bond acceptors (Lipinski definition) is 8. The van der Waals surface area contributed by atoms with Crippen LogP contribution in [-0.2, 0) is 41.9 Å². The third kappa shape index (κ3) is 11.7. The van der Waals surface area contributed by atoms with Crippen molar-refractivity contribution in [3.05, 3.63) is 71.8 Å². The zero-order valence-corrected chi connectivity index (χ0v) is 24.2. The molecule has 2 amide bonds. The van der Waals surface area contributed by atoms with E-state index in [2.05, 4.69) is 0 Å². The molecule has 2 aromatic carbocycles. The molecule has 0 aromatic heterocycles. The molecule has 1 N–H and O–H groups in total. The molecule has 2 heterocycles. The largest absolute Gasteiger partial charge is 0.445 e. The van der Waals surface area contributed by atoms with Crippen LogP contribution in [0.4, 0.5) is 9.59 Å². The maximum Gasteiger partial charge on any atom is 0.410 e. The molecule has 0 spiro atoms. The number of rotatable bonds is 8. The van der Waals surface area contributed by atoms with Crippen molar-refractivity contribution in [2.24, 2.45) is 11.8 Å². The van der Waals surface area contributed by atoms with Gasteiger partial charge in [-0.2, -0.15) is 8.42 Å². The van der Waals surface area contributed by atoms with E-state index in [-0.39, 0.29) is 36.6 Å². The average Bonchev–Trinajstić information content (AvgIpc) is 3.55. The summed E-state index contributed by atoms with van der Waals surface area (Å²) in [7, 11) is -2.29. The lowest BCUT2D eigenvalue weighted by atomic mass is 10.2. The molecule has 220 valence electrons. The predicted molar refractivity (Wildman–Crippen MR) is 149 cm³/mol. The highest BCUT2D eigenvalue weighted by Crippen LogP contribution is 2.21. The van der Waals surface area contributed by atoms with E-state index in [4.69, 9.17) is 24.7 Å². The van der Waals surface area contributed by atoms with Crippen LogP contribution in [-0.4, -0.2) is 81.1 Å². The molecule has 0 radical (unpaired) electrons. The normalized spacial score (nSPS) is 19.1. The fourth-order valence-electron chi connectivity index (χ4n) is 4.47. The Morgan fingerprint density at radius 2 is 1.15 bits per heavy atom. The van der Waals surface area contributed by atoms with Crippen molar-refractivity contribution < 1.29 is 40.5 Å². The summed E-state index contributed by atoms with van der Waals surface area (Å²) in [5.74, 6) is -0.747. The fourth-order valence-corrected chi connectivity index (χ4v) is 6.71. The second-order valence-electron chi connectivity index (χ2n) is 9.74. The van der Waals surface area contributed by atoms with Crippen molar-refractivity contribution in [3.8, 4) is 0 Å². The Labute approximate surface area is 239 Å². The number of amides is 2. The summed E-state index contributed by atoms with van der Waals surface area (Å²) in [4.78, 5) is 26.7. The van der Waals surface area contributed by atoms with Crippen LogP contribution in [0.15, 0.2) is 60.7 Å². The van der Waals surface area contributed by atoms with Crippen LogP contribution < -0.4 is 0 Å². The molecule has 14 heteroatoms. The second-order valence-corrected chi connectivity index (χ2v) is 14.1. The molecule has 40 heavy (non-hydrogen) atoms. The number of carbonyl (C=O) groups is 2. The second kappa shape index (κ2) is 14.7. The zero-order chi connectivity index (χ0) is 29.2. The van der Waals surface area contributed by atoms with Crippen molar-refractivity contribution in [2.45, 2.75) is 26.1 Å². The summed E-state index contributed by atoms with van der Waals surface area (Å²) in [6.07, 6.45) is 0.321. The number of likely N-dealkylation sites (tertiary alicyclic amines) is 2. The lowest BCUT2D eigenvalue weighted by Crippen LogP contribution is -2.30. The van der Waals surface area contributed by atoms with Gasteiger partial charge in [0, 0.05) is 36.9 Å². The maximum atomic E-state index is 11.9. The van der Waals surface area contributed by atoms with Gasteiger partial charge in [0.2, 0.25) is 9.05 Å². The standard InChI is InChI=1S/C13H16ClNO4S.C13H17NO5S/c14-20(17,18)10-12-6-7-15(8-12)13(16)19-9-11-4-2-1-3-5-11;15-13(19-9-11-4-2-1-3-5-11)14-7-6-12(8-14)10-20(16,17)18/h1-5,12H,6-10H2;1-5,12H,6-10H2,(H,16,17,18). The Morgan fingerprint density at radius 1 is 0.750 bits per heavy atom. The van der Waals surface area contributed by atoms with Crippen molar-refractivity contribution >= 4 is 42.0 Å². The van der Waals surface area contributed by atoms with E-state index < -0.39 is 31.4 Å². The Bertz CT molecular complexity index is 1220. The molecule has 2 atom stereocenters. The van der Waals surface area contributed by atoms with Gasteiger partial charge in [-0.15, -0.1) is 0 Å². The van der Waals surface area contributed by atoms with E-state index in [1.807, 2.05) is 60.7 Å². The highest BCUT2D eigenvalue weighted by molar-refractivity contribution is 8.13. The molecule has 0 saturated carbocycles. The highest BCUT2D eigenvalue weighted by atomic mass is 35.7. The minimum atomic E-state index is -3.99. The van der Waals surface area contributed by atoms with Crippen LogP contribution >= 0.6 is 10.7 Å². The summed E-state index contributed by atoms with van der Waals surface area (Å²) in [5, 5.41) is 0. The van der Waals surface area contributed by atoms with E-state index in [9.17, 15) is 26.4 Å². The Hall–Kier alpha value is -2.87. The highest BCUT2D eigenvalue weighted by Gasteiger charge is 2.31. The molecule has 2 aliphatic rings. The van der Waals surface area contributed by atoms with Gasteiger partial charge >= 0.3 is 12.2 Å². The van der Waals surface area contributed by atoms with Gasteiger partial charge in [0.25, 0.3) is 10.1 Å². The minimum Gasteiger partial charge on any atom is -0.445 e. The van der Waals surface area contributed by atoms with E-state index in [1.54, 1.807) is 0 Å². The first-order chi connectivity index (χ1) is 18.9. The third-order valence-electron chi connectivity index (χ3n) is 6.38. The SMILES string of the molecule is O=C(OCc1ccccc1)N1CCC(CS(=O)(=O)Cl)C1.O=C(OCc1ccccc1)N1CCC(CS(=O)(=O)O)C1. The van der Waals surface area contributed by atoms with Crippen LogP contribution in [0.25, 0.3) is 0 Å². The van der Waals surface area contributed by atoms with E-state index in [0.717, 1.165) is 11.1 Å². The molecular formula is C26H33ClN2O9S2. The van der Waals surface area contributed by atoms with Crippen LogP contribution in [0.5, 0.6) is 0 Å². The first-order valence-electron chi connectivity index (χ1n) is 12.7. The molecule has 2 saturated heterocycles. The van der Waals surface area contributed by atoms with Gasteiger partial charge in [0.15, 0.2) is 0 Å². The monoisotopic (exact) mass is 616 g/mol.